The van der Waals surface area contributed by atoms with Crippen molar-refractivity contribution in [1.82, 2.24) is 5.32 Å². The third-order valence-electron chi connectivity index (χ3n) is 2.40. The van der Waals surface area contributed by atoms with Crippen LogP contribution >= 0.6 is 0 Å². The van der Waals surface area contributed by atoms with Crippen LogP contribution < -0.4 is 5.32 Å². The van der Waals surface area contributed by atoms with Crippen LogP contribution in [0.1, 0.15) is 25.7 Å². The van der Waals surface area contributed by atoms with E-state index < -0.39 is 0 Å². The standard InChI is InChI=1S/C10H19NO3/c1-13-8-10(12)14-7-5-9-4-2-3-6-11-9/h9,11H,2-8H2,1H3/t9-/m0/s1. The highest BCUT2D eigenvalue weighted by Crippen LogP contribution is 2.09. The summed E-state index contributed by atoms with van der Waals surface area (Å²) in [6.07, 6.45) is 4.65. The van der Waals surface area contributed by atoms with Crippen LogP contribution in [0.3, 0.4) is 0 Å². The summed E-state index contributed by atoms with van der Waals surface area (Å²) in [6, 6.07) is 0.527. The Kier molecular flexibility index (Phi) is 5.56. The van der Waals surface area contributed by atoms with E-state index in [0.29, 0.717) is 12.6 Å². The van der Waals surface area contributed by atoms with E-state index in [1.165, 1.54) is 26.4 Å². The van der Waals surface area contributed by atoms with Crippen molar-refractivity contribution < 1.29 is 14.3 Å². The van der Waals surface area contributed by atoms with E-state index in [2.05, 4.69) is 10.1 Å². The van der Waals surface area contributed by atoms with Crippen molar-refractivity contribution in [2.45, 2.75) is 31.7 Å². The zero-order chi connectivity index (χ0) is 10.2. The largest absolute Gasteiger partial charge is 0.464 e. The van der Waals surface area contributed by atoms with Gasteiger partial charge in [-0.1, -0.05) is 6.42 Å². The molecule has 0 bridgehead atoms. The molecule has 0 aromatic rings. The van der Waals surface area contributed by atoms with Gasteiger partial charge < -0.3 is 14.8 Å². The van der Waals surface area contributed by atoms with Gasteiger partial charge >= 0.3 is 5.97 Å². The number of piperidine rings is 1. The second kappa shape index (κ2) is 6.79. The first-order chi connectivity index (χ1) is 6.83. The second-order valence-corrected chi connectivity index (χ2v) is 3.59. The maximum Gasteiger partial charge on any atom is 0.332 e. The SMILES string of the molecule is COCC(=O)OCC[C@@H]1CCCCN1. The molecule has 1 aliphatic heterocycles. The molecule has 4 nitrogen and oxygen atoms in total. The van der Waals surface area contributed by atoms with Gasteiger partial charge in [-0.15, -0.1) is 0 Å². The quantitative estimate of drug-likeness (QED) is 0.665. The van der Waals surface area contributed by atoms with Crippen LogP contribution in [0.25, 0.3) is 0 Å². The zero-order valence-corrected chi connectivity index (χ0v) is 8.75. The van der Waals surface area contributed by atoms with Gasteiger partial charge in [0.1, 0.15) is 6.61 Å². The van der Waals surface area contributed by atoms with Crippen LogP contribution in [0.5, 0.6) is 0 Å². The third kappa shape index (κ3) is 4.58. The molecule has 0 amide bonds. The number of esters is 1. The minimum Gasteiger partial charge on any atom is -0.464 e. The average Bonchev–Trinajstić information content (AvgIpc) is 2.20. The number of carbonyl (C=O) groups excluding carboxylic acids is 1. The molecular formula is C10H19NO3. The number of hydrogen-bond acceptors (Lipinski definition) is 4. The number of nitrogens with one attached hydrogen (secondary N) is 1. The average molecular weight is 201 g/mol. The molecule has 4 heteroatoms. The Morgan fingerprint density at radius 1 is 1.50 bits per heavy atom. The Hall–Kier alpha value is -0.610. The second-order valence-electron chi connectivity index (χ2n) is 3.59. The number of carbonyl (C=O) groups is 1. The molecule has 0 spiro atoms. The number of rotatable bonds is 5. The minimum absolute atomic E-state index is 0.0537. The molecule has 1 fully saturated rings. The van der Waals surface area contributed by atoms with E-state index in [1.54, 1.807) is 0 Å². The monoisotopic (exact) mass is 201 g/mol. The number of methoxy groups -OCH3 is 1. The molecule has 82 valence electrons. The maximum atomic E-state index is 10.9. The summed E-state index contributed by atoms with van der Waals surface area (Å²) in [5.41, 5.74) is 0. The lowest BCUT2D eigenvalue weighted by Gasteiger charge is -2.22. The lowest BCUT2D eigenvalue weighted by Crippen LogP contribution is -2.35. The van der Waals surface area contributed by atoms with Crippen LogP contribution in [-0.4, -0.2) is 38.9 Å². The van der Waals surface area contributed by atoms with Crippen molar-refractivity contribution >= 4 is 5.97 Å². The molecule has 14 heavy (non-hydrogen) atoms. The molecule has 0 saturated carbocycles. The Balaban J connectivity index is 1.99. The van der Waals surface area contributed by atoms with Crippen molar-refractivity contribution in [3.63, 3.8) is 0 Å². The smallest absolute Gasteiger partial charge is 0.332 e. The highest BCUT2D eigenvalue weighted by Gasteiger charge is 2.12. The first-order valence-corrected chi connectivity index (χ1v) is 5.21. The molecule has 1 rings (SSSR count). The molecule has 1 N–H and O–H groups in total. The zero-order valence-electron chi connectivity index (χ0n) is 8.75. The van der Waals surface area contributed by atoms with Crippen molar-refractivity contribution in [2.24, 2.45) is 0 Å². The summed E-state index contributed by atoms with van der Waals surface area (Å²) >= 11 is 0. The van der Waals surface area contributed by atoms with Gasteiger partial charge in [0.2, 0.25) is 0 Å². The molecule has 0 aliphatic carbocycles. The van der Waals surface area contributed by atoms with E-state index in [9.17, 15) is 4.79 Å². The van der Waals surface area contributed by atoms with E-state index in [0.717, 1.165) is 13.0 Å². The van der Waals surface area contributed by atoms with Gasteiger partial charge in [-0.2, -0.15) is 0 Å². The summed E-state index contributed by atoms with van der Waals surface area (Å²) in [4.78, 5) is 10.9. The molecule has 1 atom stereocenters. The Morgan fingerprint density at radius 2 is 2.36 bits per heavy atom. The van der Waals surface area contributed by atoms with E-state index in [1.807, 2.05) is 0 Å². The van der Waals surface area contributed by atoms with Crippen molar-refractivity contribution in [1.29, 1.82) is 0 Å². The van der Waals surface area contributed by atoms with Gasteiger partial charge in [-0.25, -0.2) is 4.79 Å². The number of ether oxygens (including phenoxy) is 2. The van der Waals surface area contributed by atoms with Crippen LogP contribution in [0, 0.1) is 0 Å². The van der Waals surface area contributed by atoms with E-state index in [-0.39, 0.29) is 12.6 Å². The summed E-state index contributed by atoms with van der Waals surface area (Å²) < 4.78 is 9.64. The Morgan fingerprint density at radius 3 is 3.00 bits per heavy atom. The van der Waals surface area contributed by atoms with Gasteiger partial charge in [-0.05, 0) is 25.8 Å². The van der Waals surface area contributed by atoms with E-state index >= 15 is 0 Å². The fourth-order valence-corrected chi connectivity index (χ4v) is 1.64. The van der Waals surface area contributed by atoms with Crippen LogP contribution in [0.4, 0.5) is 0 Å². The highest BCUT2D eigenvalue weighted by molar-refractivity contribution is 5.70. The number of hydrogen-bond donors (Lipinski definition) is 1. The predicted molar refractivity (Wildman–Crippen MR) is 53.1 cm³/mol. The van der Waals surface area contributed by atoms with Gasteiger partial charge in [0.15, 0.2) is 0 Å². The third-order valence-corrected chi connectivity index (χ3v) is 2.40. The van der Waals surface area contributed by atoms with Crippen molar-refractivity contribution in [2.75, 3.05) is 26.9 Å². The van der Waals surface area contributed by atoms with E-state index in [4.69, 9.17) is 4.74 Å². The molecule has 0 aromatic heterocycles. The molecule has 1 heterocycles. The predicted octanol–water partition coefficient (Wildman–Crippen LogP) is 0.708. The summed E-state index contributed by atoms with van der Waals surface area (Å²) in [7, 11) is 1.49. The van der Waals surface area contributed by atoms with Crippen LogP contribution in [0.2, 0.25) is 0 Å². The Labute approximate surface area is 85.0 Å². The summed E-state index contributed by atoms with van der Waals surface area (Å²) in [6.45, 7) is 1.65. The van der Waals surface area contributed by atoms with Gasteiger partial charge in [-0.3, -0.25) is 0 Å². The normalized spacial score (nSPS) is 21.9. The summed E-state index contributed by atoms with van der Waals surface area (Å²) in [5, 5.41) is 3.40. The highest BCUT2D eigenvalue weighted by atomic mass is 16.6. The molecule has 0 aromatic carbocycles. The minimum atomic E-state index is -0.275. The lowest BCUT2D eigenvalue weighted by molar-refractivity contribution is -0.148. The molecule has 0 unspecified atom stereocenters. The molecule has 1 aliphatic rings. The molecular weight excluding hydrogens is 182 g/mol. The lowest BCUT2D eigenvalue weighted by atomic mass is 10.0. The van der Waals surface area contributed by atoms with Crippen LogP contribution in [-0.2, 0) is 14.3 Å². The topological polar surface area (TPSA) is 47.6 Å². The van der Waals surface area contributed by atoms with Gasteiger partial charge in [0, 0.05) is 13.2 Å². The Bertz CT molecular complexity index is 167. The van der Waals surface area contributed by atoms with Gasteiger partial charge in [0.05, 0.1) is 6.61 Å². The van der Waals surface area contributed by atoms with Crippen LogP contribution in [0.15, 0.2) is 0 Å². The summed E-state index contributed by atoms with van der Waals surface area (Å²) in [5.74, 6) is -0.275. The van der Waals surface area contributed by atoms with Crippen molar-refractivity contribution in [3.05, 3.63) is 0 Å². The first kappa shape index (κ1) is 11.5. The fraction of sp³-hybridized carbons (Fsp3) is 0.900. The first-order valence-electron chi connectivity index (χ1n) is 5.21. The molecule has 0 radical (unpaired) electrons. The fourth-order valence-electron chi connectivity index (χ4n) is 1.64. The maximum absolute atomic E-state index is 10.9. The molecule has 1 saturated heterocycles. The van der Waals surface area contributed by atoms with Crippen molar-refractivity contribution in [3.8, 4) is 0 Å². The van der Waals surface area contributed by atoms with Gasteiger partial charge in [0.25, 0.3) is 0 Å².